The van der Waals surface area contributed by atoms with Crippen molar-refractivity contribution in [2.75, 3.05) is 27.7 Å². The molecule has 3 aromatic rings. The lowest BCUT2D eigenvalue weighted by Gasteiger charge is -2.26. The number of likely N-dealkylation sites (N-methyl/N-ethyl adjacent to an activating group) is 1. The summed E-state index contributed by atoms with van der Waals surface area (Å²) >= 11 is 0. The van der Waals surface area contributed by atoms with Crippen LogP contribution in [0.3, 0.4) is 0 Å². The lowest BCUT2D eigenvalue weighted by molar-refractivity contribution is 0.0934. The van der Waals surface area contributed by atoms with Crippen LogP contribution < -0.4 is 10.1 Å². The number of nitrogens with zero attached hydrogens (tertiary/aromatic N) is 3. The molecule has 1 aromatic heterocycles. The molecule has 1 heterocycles. The minimum atomic E-state index is -0.168. The van der Waals surface area contributed by atoms with Crippen LogP contribution in [-0.4, -0.2) is 48.1 Å². The third kappa shape index (κ3) is 4.17. The van der Waals surface area contributed by atoms with Gasteiger partial charge in [-0.3, -0.25) is 9.36 Å². The van der Waals surface area contributed by atoms with Gasteiger partial charge in [0, 0.05) is 17.8 Å². The van der Waals surface area contributed by atoms with Gasteiger partial charge < -0.3 is 15.0 Å². The van der Waals surface area contributed by atoms with E-state index in [4.69, 9.17) is 4.74 Å². The van der Waals surface area contributed by atoms with Gasteiger partial charge in [-0.15, -0.1) is 0 Å². The number of carbonyl (C=O) groups excluding carboxylic acids is 1. The Morgan fingerprint density at radius 1 is 1.15 bits per heavy atom. The summed E-state index contributed by atoms with van der Waals surface area (Å²) in [5, 5.41) is 3.03. The number of para-hydroxylation sites is 2. The SMILES string of the molecule is COc1ccccc1C(CNC(=O)c1cncn1-c1ccccc1)N(C)C. The average molecular weight is 364 g/mol. The van der Waals surface area contributed by atoms with Gasteiger partial charge >= 0.3 is 0 Å². The summed E-state index contributed by atoms with van der Waals surface area (Å²) in [7, 11) is 5.62. The molecule has 0 saturated heterocycles. The van der Waals surface area contributed by atoms with Crippen molar-refractivity contribution in [3.05, 3.63) is 78.4 Å². The molecule has 0 fully saturated rings. The van der Waals surface area contributed by atoms with Gasteiger partial charge in [-0.05, 0) is 32.3 Å². The Labute approximate surface area is 159 Å². The highest BCUT2D eigenvalue weighted by molar-refractivity contribution is 5.93. The zero-order valence-corrected chi connectivity index (χ0v) is 15.8. The summed E-state index contributed by atoms with van der Waals surface area (Å²) in [6, 6.07) is 17.5. The van der Waals surface area contributed by atoms with Gasteiger partial charge in [0.1, 0.15) is 11.4 Å². The average Bonchev–Trinajstić information content (AvgIpc) is 3.19. The number of ether oxygens (including phenoxy) is 1. The maximum Gasteiger partial charge on any atom is 0.269 e. The predicted molar refractivity (Wildman–Crippen MR) is 105 cm³/mol. The molecule has 0 aliphatic carbocycles. The minimum Gasteiger partial charge on any atom is -0.496 e. The van der Waals surface area contributed by atoms with Crippen LogP contribution in [0.15, 0.2) is 67.1 Å². The van der Waals surface area contributed by atoms with Crippen molar-refractivity contribution >= 4 is 5.91 Å². The first-order valence-corrected chi connectivity index (χ1v) is 8.77. The molecule has 140 valence electrons. The van der Waals surface area contributed by atoms with E-state index in [9.17, 15) is 4.79 Å². The van der Waals surface area contributed by atoms with Gasteiger partial charge in [0.2, 0.25) is 0 Å². The van der Waals surface area contributed by atoms with Crippen molar-refractivity contribution in [2.24, 2.45) is 0 Å². The third-order valence-corrected chi connectivity index (χ3v) is 4.48. The monoisotopic (exact) mass is 364 g/mol. The fraction of sp³-hybridized carbons (Fsp3) is 0.238. The summed E-state index contributed by atoms with van der Waals surface area (Å²) < 4.78 is 7.26. The molecule has 1 amide bonds. The zero-order valence-electron chi connectivity index (χ0n) is 15.8. The molecule has 6 heteroatoms. The van der Waals surface area contributed by atoms with E-state index in [-0.39, 0.29) is 11.9 Å². The van der Waals surface area contributed by atoms with Gasteiger partial charge in [-0.25, -0.2) is 4.98 Å². The van der Waals surface area contributed by atoms with Gasteiger partial charge in [-0.2, -0.15) is 0 Å². The number of aromatic nitrogens is 2. The number of imidazole rings is 1. The normalized spacial score (nSPS) is 12.0. The molecule has 0 radical (unpaired) electrons. The smallest absolute Gasteiger partial charge is 0.269 e. The van der Waals surface area contributed by atoms with Gasteiger partial charge in [0.15, 0.2) is 0 Å². The van der Waals surface area contributed by atoms with Crippen molar-refractivity contribution in [3.8, 4) is 11.4 Å². The third-order valence-electron chi connectivity index (χ3n) is 4.48. The molecule has 6 nitrogen and oxygen atoms in total. The Morgan fingerprint density at radius 3 is 2.56 bits per heavy atom. The topological polar surface area (TPSA) is 59.4 Å². The number of methoxy groups -OCH3 is 1. The summed E-state index contributed by atoms with van der Waals surface area (Å²) in [5.74, 6) is 0.637. The van der Waals surface area contributed by atoms with Crippen LogP contribution in [0.1, 0.15) is 22.1 Å². The first-order chi connectivity index (χ1) is 13.1. The molecule has 0 bridgehead atoms. The van der Waals surface area contributed by atoms with E-state index in [0.29, 0.717) is 12.2 Å². The van der Waals surface area contributed by atoms with Crippen molar-refractivity contribution < 1.29 is 9.53 Å². The van der Waals surface area contributed by atoms with Gasteiger partial charge in [0.25, 0.3) is 5.91 Å². The van der Waals surface area contributed by atoms with E-state index in [1.807, 2.05) is 68.7 Å². The second-order valence-corrected chi connectivity index (χ2v) is 6.42. The summed E-state index contributed by atoms with van der Waals surface area (Å²) in [6.07, 6.45) is 3.23. The second kappa shape index (κ2) is 8.51. The number of nitrogens with one attached hydrogen (secondary N) is 1. The highest BCUT2D eigenvalue weighted by Crippen LogP contribution is 2.27. The largest absolute Gasteiger partial charge is 0.496 e. The molecule has 27 heavy (non-hydrogen) atoms. The molecule has 1 N–H and O–H groups in total. The predicted octanol–water partition coefficient (Wildman–Crippen LogP) is 2.91. The first-order valence-electron chi connectivity index (χ1n) is 8.77. The molecule has 1 atom stereocenters. The van der Waals surface area contributed by atoms with Crippen LogP contribution in [0, 0.1) is 0 Å². The van der Waals surface area contributed by atoms with Crippen LogP contribution in [-0.2, 0) is 0 Å². The van der Waals surface area contributed by atoms with Crippen molar-refractivity contribution in [2.45, 2.75) is 6.04 Å². The quantitative estimate of drug-likeness (QED) is 0.700. The van der Waals surface area contributed by atoms with Crippen LogP contribution in [0.25, 0.3) is 5.69 Å². The van der Waals surface area contributed by atoms with E-state index >= 15 is 0 Å². The standard InChI is InChI=1S/C21H24N4O2/c1-24(2)18(17-11-7-8-12-20(17)27-3)14-23-21(26)19-13-22-15-25(19)16-9-5-4-6-10-16/h4-13,15,18H,14H2,1-3H3,(H,23,26). The van der Waals surface area contributed by atoms with E-state index in [0.717, 1.165) is 17.0 Å². The number of carbonyl (C=O) groups is 1. The van der Waals surface area contributed by atoms with Gasteiger partial charge in [-0.1, -0.05) is 36.4 Å². The lowest BCUT2D eigenvalue weighted by atomic mass is 10.0. The highest BCUT2D eigenvalue weighted by Gasteiger charge is 2.20. The maximum atomic E-state index is 12.8. The zero-order chi connectivity index (χ0) is 19.2. The molecule has 0 aliphatic heterocycles. The molecule has 0 aliphatic rings. The van der Waals surface area contributed by atoms with Crippen molar-refractivity contribution in [1.29, 1.82) is 0 Å². The van der Waals surface area contributed by atoms with Crippen molar-refractivity contribution in [3.63, 3.8) is 0 Å². The van der Waals surface area contributed by atoms with Crippen LogP contribution >= 0.6 is 0 Å². The second-order valence-electron chi connectivity index (χ2n) is 6.42. The number of amides is 1. The Morgan fingerprint density at radius 2 is 1.85 bits per heavy atom. The lowest BCUT2D eigenvalue weighted by Crippen LogP contribution is -2.35. The summed E-state index contributed by atoms with van der Waals surface area (Å²) in [5.41, 5.74) is 2.43. The Balaban J connectivity index is 1.78. The summed E-state index contributed by atoms with van der Waals surface area (Å²) in [4.78, 5) is 19.0. The highest BCUT2D eigenvalue weighted by atomic mass is 16.5. The van der Waals surface area contributed by atoms with Crippen LogP contribution in [0.2, 0.25) is 0 Å². The van der Waals surface area contributed by atoms with E-state index in [1.54, 1.807) is 24.2 Å². The molecular formula is C21H24N4O2. The van der Waals surface area contributed by atoms with E-state index in [2.05, 4.69) is 15.2 Å². The van der Waals surface area contributed by atoms with Crippen molar-refractivity contribution in [1.82, 2.24) is 19.8 Å². The minimum absolute atomic E-state index is 0.0156. The molecular weight excluding hydrogens is 340 g/mol. The molecule has 2 aromatic carbocycles. The Kier molecular flexibility index (Phi) is 5.88. The fourth-order valence-electron chi connectivity index (χ4n) is 3.05. The molecule has 0 saturated carbocycles. The Bertz CT molecular complexity index is 890. The fourth-order valence-corrected chi connectivity index (χ4v) is 3.05. The number of rotatable bonds is 7. The Hall–Kier alpha value is -3.12. The van der Waals surface area contributed by atoms with Crippen LogP contribution in [0.4, 0.5) is 0 Å². The van der Waals surface area contributed by atoms with Crippen LogP contribution in [0.5, 0.6) is 5.75 Å². The molecule has 0 spiro atoms. The van der Waals surface area contributed by atoms with E-state index < -0.39 is 0 Å². The molecule has 3 rings (SSSR count). The maximum absolute atomic E-state index is 12.8. The van der Waals surface area contributed by atoms with Gasteiger partial charge in [0.05, 0.1) is 25.7 Å². The number of hydrogen-bond donors (Lipinski definition) is 1. The number of hydrogen-bond acceptors (Lipinski definition) is 4. The first kappa shape index (κ1) is 18.7. The van der Waals surface area contributed by atoms with E-state index in [1.165, 1.54) is 0 Å². The molecule has 1 unspecified atom stereocenters. The summed E-state index contributed by atoms with van der Waals surface area (Å²) in [6.45, 7) is 0.451. The number of benzene rings is 2.